The summed E-state index contributed by atoms with van der Waals surface area (Å²) in [5.74, 6) is 0.282. The van der Waals surface area contributed by atoms with Crippen LogP contribution >= 0.6 is 15.9 Å². The molecular formula is C18H24BrN3O3. The Bertz CT molecular complexity index is 594. The van der Waals surface area contributed by atoms with E-state index in [9.17, 15) is 9.59 Å². The molecule has 0 unspecified atom stereocenters. The lowest BCUT2D eigenvalue weighted by Crippen LogP contribution is -2.53. The Balaban J connectivity index is 1.43. The predicted octanol–water partition coefficient (Wildman–Crippen LogP) is 0.995. The molecule has 2 saturated heterocycles. The summed E-state index contributed by atoms with van der Waals surface area (Å²) in [6, 6.07) is 7.82. The molecule has 2 aliphatic heterocycles. The topological polar surface area (TPSA) is 53.1 Å². The summed E-state index contributed by atoms with van der Waals surface area (Å²) in [5.41, 5.74) is 1.01. The third-order valence-electron chi connectivity index (χ3n) is 4.72. The number of carbonyl (C=O) groups excluding carboxylic acids is 2. The summed E-state index contributed by atoms with van der Waals surface area (Å²) in [4.78, 5) is 30.7. The van der Waals surface area contributed by atoms with E-state index in [-0.39, 0.29) is 11.8 Å². The molecule has 0 saturated carbocycles. The van der Waals surface area contributed by atoms with Crippen molar-refractivity contribution in [2.75, 3.05) is 59.0 Å². The second-order valence-corrected chi connectivity index (χ2v) is 7.37. The van der Waals surface area contributed by atoms with Gasteiger partial charge in [0.2, 0.25) is 11.8 Å². The molecule has 0 N–H and O–H groups in total. The maximum absolute atomic E-state index is 12.4. The second-order valence-electron chi connectivity index (χ2n) is 6.45. The van der Waals surface area contributed by atoms with Crippen LogP contribution in [0.15, 0.2) is 28.7 Å². The molecule has 7 heteroatoms. The van der Waals surface area contributed by atoms with Gasteiger partial charge in [-0.2, -0.15) is 0 Å². The molecule has 2 fully saturated rings. The van der Waals surface area contributed by atoms with Crippen molar-refractivity contribution in [3.8, 4) is 0 Å². The molecule has 0 radical (unpaired) electrons. The average Bonchev–Trinajstić information content (AvgIpc) is 2.64. The summed E-state index contributed by atoms with van der Waals surface area (Å²) in [6.45, 7) is 5.96. The van der Waals surface area contributed by atoms with Crippen LogP contribution in [-0.2, 0) is 20.7 Å². The van der Waals surface area contributed by atoms with Crippen LogP contribution in [0.5, 0.6) is 0 Å². The first-order valence-corrected chi connectivity index (χ1v) is 9.51. The lowest BCUT2D eigenvalue weighted by atomic mass is 10.1. The summed E-state index contributed by atoms with van der Waals surface area (Å²) in [6.07, 6.45) is 0.412. The molecule has 0 atom stereocenters. The Morgan fingerprint density at radius 1 is 0.880 bits per heavy atom. The standard InChI is InChI=1S/C18H24BrN3O3/c19-16-3-1-15(2-4-16)13-17(23)21-5-7-22(8-6-21)18(24)14-20-9-11-25-12-10-20/h1-4H,5-14H2. The third-order valence-corrected chi connectivity index (χ3v) is 5.24. The van der Waals surface area contributed by atoms with Crippen molar-refractivity contribution < 1.29 is 14.3 Å². The zero-order valence-corrected chi connectivity index (χ0v) is 15.9. The van der Waals surface area contributed by atoms with Gasteiger partial charge in [-0.3, -0.25) is 14.5 Å². The van der Waals surface area contributed by atoms with Gasteiger partial charge in [0, 0.05) is 43.7 Å². The predicted molar refractivity (Wildman–Crippen MR) is 98.3 cm³/mol. The van der Waals surface area contributed by atoms with Crippen molar-refractivity contribution >= 4 is 27.7 Å². The van der Waals surface area contributed by atoms with Gasteiger partial charge in [0.1, 0.15) is 0 Å². The van der Waals surface area contributed by atoms with Gasteiger partial charge >= 0.3 is 0 Å². The SMILES string of the molecule is O=C(Cc1ccc(Br)cc1)N1CCN(C(=O)CN2CCOCC2)CC1. The van der Waals surface area contributed by atoms with Gasteiger partial charge in [-0.25, -0.2) is 0 Å². The second kappa shape index (κ2) is 8.78. The number of carbonyl (C=O) groups is 2. The Morgan fingerprint density at radius 2 is 1.44 bits per heavy atom. The lowest BCUT2D eigenvalue weighted by molar-refractivity contribution is -0.140. The fourth-order valence-electron chi connectivity index (χ4n) is 3.14. The minimum absolute atomic E-state index is 0.127. The molecule has 25 heavy (non-hydrogen) atoms. The first kappa shape index (κ1) is 18.4. The smallest absolute Gasteiger partial charge is 0.236 e. The van der Waals surface area contributed by atoms with Crippen LogP contribution in [0.2, 0.25) is 0 Å². The molecule has 6 nitrogen and oxygen atoms in total. The Labute approximate surface area is 156 Å². The van der Waals surface area contributed by atoms with Crippen LogP contribution in [0.4, 0.5) is 0 Å². The monoisotopic (exact) mass is 409 g/mol. The maximum atomic E-state index is 12.4. The van der Waals surface area contributed by atoms with E-state index in [1.807, 2.05) is 34.1 Å². The molecule has 3 rings (SSSR count). The van der Waals surface area contributed by atoms with Crippen LogP contribution in [0.25, 0.3) is 0 Å². The number of amides is 2. The minimum Gasteiger partial charge on any atom is -0.379 e. The number of benzene rings is 1. The van der Waals surface area contributed by atoms with Crippen LogP contribution in [0, 0.1) is 0 Å². The Kier molecular flexibility index (Phi) is 6.45. The largest absolute Gasteiger partial charge is 0.379 e. The number of ether oxygens (including phenoxy) is 1. The molecular weight excluding hydrogens is 386 g/mol. The molecule has 136 valence electrons. The normalized spacial score (nSPS) is 19.1. The van der Waals surface area contributed by atoms with Gasteiger partial charge in [0.05, 0.1) is 26.2 Å². The fourth-order valence-corrected chi connectivity index (χ4v) is 3.41. The minimum atomic E-state index is 0.127. The molecule has 0 bridgehead atoms. The third kappa shape index (κ3) is 5.26. The molecule has 2 aliphatic rings. The number of rotatable bonds is 4. The molecule has 1 aromatic rings. The number of hydrogen-bond donors (Lipinski definition) is 0. The van der Waals surface area contributed by atoms with Crippen LogP contribution in [-0.4, -0.2) is 85.5 Å². The number of nitrogens with zero attached hydrogens (tertiary/aromatic N) is 3. The number of morpholine rings is 1. The Morgan fingerprint density at radius 3 is 2.04 bits per heavy atom. The van der Waals surface area contributed by atoms with Gasteiger partial charge in [-0.1, -0.05) is 28.1 Å². The molecule has 0 aliphatic carbocycles. The summed E-state index contributed by atoms with van der Waals surface area (Å²) in [7, 11) is 0. The number of hydrogen-bond acceptors (Lipinski definition) is 4. The fraction of sp³-hybridized carbons (Fsp3) is 0.556. The zero-order valence-electron chi connectivity index (χ0n) is 14.3. The van der Waals surface area contributed by atoms with Gasteiger partial charge in [0.15, 0.2) is 0 Å². The van der Waals surface area contributed by atoms with Gasteiger partial charge in [-0.05, 0) is 17.7 Å². The summed E-state index contributed by atoms with van der Waals surface area (Å²) in [5, 5.41) is 0. The van der Waals surface area contributed by atoms with Gasteiger partial charge in [-0.15, -0.1) is 0 Å². The van der Waals surface area contributed by atoms with E-state index < -0.39 is 0 Å². The molecule has 0 aromatic heterocycles. The summed E-state index contributed by atoms with van der Waals surface area (Å²) < 4.78 is 6.32. The molecule has 0 spiro atoms. The quantitative estimate of drug-likeness (QED) is 0.743. The maximum Gasteiger partial charge on any atom is 0.236 e. The summed E-state index contributed by atoms with van der Waals surface area (Å²) >= 11 is 3.40. The van der Waals surface area contributed by atoms with E-state index in [1.54, 1.807) is 0 Å². The Hall–Kier alpha value is -1.44. The first-order chi connectivity index (χ1) is 12.1. The van der Waals surface area contributed by atoms with Crippen molar-refractivity contribution in [1.82, 2.24) is 14.7 Å². The van der Waals surface area contributed by atoms with Gasteiger partial charge in [0.25, 0.3) is 0 Å². The highest BCUT2D eigenvalue weighted by molar-refractivity contribution is 9.10. The number of halogens is 1. The van der Waals surface area contributed by atoms with E-state index in [0.717, 1.165) is 23.1 Å². The highest BCUT2D eigenvalue weighted by Crippen LogP contribution is 2.12. The number of piperazine rings is 1. The highest BCUT2D eigenvalue weighted by atomic mass is 79.9. The van der Waals surface area contributed by atoms with Crippen molar-refractivity contribution in [3.63, 3.8) is 0 Å². The van der Waals surface area contributed by atoms with E-state index in [0.29, 0.717) is 52.4 Å². The van der Waals surface area contributed by atoms with Gasteiger partial charge < -0.3 is 14.5 Å². The molecule has 1 aromatic carbocycles. The van der Waals surface area contributed by atoms with Crippen molar-refractivity contribution in [3.05, 3.63) is 34.3 Å². The van der Waals surface area contributed by atoms with E-state index in [1.165, 1.54) is 0 Å². The van der Waals surface area contributed by atoms with Crippen LogP contribution in [0.1, 0.15) is 5.56 Å². The van der Waals surface area contributed by atoms with E-state index in [4.69, 9.17) is 4.74 Å². The lowest BCUT2D eigenvalue weighted by Gasteiger charge is -2.36. The van der Waals surface area contributed by atoms with E-state index in [2.05, 4.69) is 20.8 Å². The van der Waals surface area contributed by atoms with Crippen LogP contribution in [0.3, 0.4) is 0 Å². The van der Waals surface area contributed by atoms with Crippen molar-refractivity contribution in [2.45, 2.75) is 6.42 Å². The molecule has 2 heterocycles. The first-order valence-electron chi connectivity index (χ1n) is 8.72. The van der Waals surface area contributed by atoms with Crippen molar-refractivity contribution in [1.29, 1.82) is 0 Å². The van der Waals surface area contributed by atoms with Crippen molar-refractivity contribution in [2.24, 2.45) is 0 Å². The molecule has 2 amide bonds. The van der Waals surface area contributed by atoms with E-state index >= 15 is 0 Å². The zero-order chi connectivity index (χ0) is 17.6. The average molecular weight is 410 g/mol. The van der Waals surface area contributed by atoms with Crippen LogP contribution < -0.4 is 0 Å². The highest BCUT2D eigenvalue weighted by Gasteiger charge is 2.25.